The number of hydrogen-bond acceptors (Lipinski definition) is 10. The predicted molar refractivity (Wildman–Crippen MR) is 138 cm³/mol. The zero-order valence-corrected chi connectivity index (χ0v) is 22.6. The first-order valence-corrected chi connectivity index (χ1v) is 13.9. The number of hydrogen-bond donors (Lipinski definition) is 2. The summed E-state index contributed by atoms with van der Waals surface area (Å²) in [5.74, 6) is -0.587. The number of halogens is 1. The van der Waals surface area contributed by atoms with E-state index in [1.807, 2.05) is 32.0 Å². The molecule has 1 aromatic heterocycles. The van der Waals surface area contributed by atoms with E-state index in [1.54, 1.807) is 6.92 Å². The lowest BCUT2D eigenvalue weighted by atomic mass is 10.1. The zero-order valence-electron chi connectivity index (χ0n) is 21.7. The minimum absolute atomic E-state index is 0.0212. The molecule has 5 atom stereocenters. The fraction of sp³-hybridized carbons (Fsp3) is 0.560. The van der Waals surface area contributed by atoms with E-state index in [0.29, 0.717) is 11.7 Å². The van der Waals surface area contributed by atoms with Gasteiger partial charge in [-0.25, -0.2) is 14.3 Å². The van der Waals surface area contributed by atoms with Gasteiger partial charge >= 0.3 is 20.2 Å². The fourth-order valence-electron chi connectivity index (χ4n) is 3.87. The van der Waals surface area contributed by atoms with Crippen LogP contribution >= 0.6 is 8.53 Å². The van der Waals surface area contributed by atoms with Crippen molar-refractivity contribution >= 4 is 20.3 Å². The SMILES string of the molecule is CCC[C@H](C)OC(=O)[C@H](C)NP(OC[C@H]1OC[C@@H](n2cc(F)c(N)nc2=O)O1)Oc1cccc(C2CC2)c1. The van der Waals surface area contributed by atoms with Crippen LogP contribution in [0.1, 0.15) is 64.2 Å². The molecule has 0 radical (unpaired) electrons. The molecule has 0 bridgehead atoms. The Morgan fingerprint density at radius 2 is 2.16 bits per heavy atom. The predicted octanol–water partition coefficient (Wildman–Crippen LogP) is 3.75. The lowest BCUT2D eigenvalue weighted by Crippen LogP contribution is -2.35. The first-order valence-electron chi connectivity index (χ1n) is 12.7. The molecule has 1 aliphatic carbocycles. The molecule has 1 unspecified atom stereocenters. The second kappa shape index (κ2) is 12.9. The normalized spacial score (nSPS) is 21.6. The summed E-state index contributed by atoms with van der Waals surface area (Å²) in [6.45, 7) is 5.46. The Bertz CT molecular complexity index is 1160. The lowest BCUT2D eigenvalue weighted by molar-refractivity contribution is -0.150. The number of carbonyl (C=O) groups excluding carboxylic acids is 1. The Hall–Kier alpha value is -2.63. The lowest BCUT2D eigenvalue weighted by Gasteiger charge is -2.24. The molecule has 1 aromatic carbocycles. The summed E-state index contributed by atoms with van der Waals surface area (Å²) >= 11 is 0. The number of nitrogens with one attached hydrogen (secondary N) is 1. The smallest absolute Gasteiger partial charge is 0.351 e. The van der Waals surface area contributed by atoms with Crippen LogP contribution in [0.4, 0.5) is 10.2 Å². The summed E-state index contributed by atoms with van der Waals surface area (Å²) in [7, 11) is -1.82. The first kappa shape index (κ1) is 28.4. The second-order valence-electron chi connectivity index (χ2n) is 9.40. The molecule has 0 spiro atoms. The van der Waals surface area contributed by atoms with E-state index >= 15 is 0 Å². The molecule has 2 aromatic rings. The Balaban J connectivity index is 1.39. The molecule has 208 valence electrons. The van der Waals surface area contributed by atoms with E-state index in [2.05, 4.69) is 16.1 Å². The summed E-state index contributed by atoms with van der Waals surface area (Å²) in [4.78, 5) is 28.1. The van der Waals surface area contributed by atoms with E-state index in [1.165, 1.54) is 5.56 Å². The number of ether oxygens (including phenoxy) is 3. The highest BCUT2D eigenvalue weighted by Gasteiger charge is 2.32. The zero-order chi connectivity index (χ0) is 27.2. The molecule has 4 rings (SSSR count). The van der Waals surface area contributed by atoms with Crippen LogP contribution in [0.2, 0.25) is 0 Å². The van der Waals surface area contributed by atoms with Crippen molar-refractivity contribution in [2.45, 2.75) is 77.0 Å². The van der Waals surface area contributed by atoms with Gasteiger partial charge in [0.25, 0.3) is 0 Å². The fourth-order valence-corrected chi connectivity index (χ4v) is 5.04. The molecule has 2 fully saturated rings. The van der Waals surface area contributed by atoms with Gasteiger partial charge in [-0.3, -0.25) is 9.36 Å². The third-order valence-corrected chi connectivity index (χ3v) is 7.42. The van der Waals surface area contributed by atoms with Crippen molar-refractivity contribution in [3.63, 3.8) is 0 Å². The van der Waals surface area contributed by atoms with Gasteiger partial charge in [0.1, 0.15) is 18.4 Å². The molecule has 3 N–H and O–H groups in total. The Kier molecular flexibility index (Phi) is 9.67. The number of nitrogens with two attached hydrogens (primary N) is 1. The largest absolute Gasteiger partial charge is 0.462 e. The van der Waals surface area contributed by atoms with Gasteiger partial charge in [0.05, 0.1) is 18.9 Å². The Morgan fingerprint density at radius 3 is 2.89 bits per heavy atom. The van der Waals surface area contributed by atoms with E-state index < -0.39 is 50.4 Å². The maximum absolute atomic E-state index is 13.8. The van der Waals surface area contributed by atoms with E-state index in [0.717, 1.165) is 36.4 Å². The van der Waals surface area contributed by atoms with Crippen LogP contribution in [0.3, 0.4) is 0 Å². The van der Waals surface area contributed by atoms with Crippen molar-refractivity contribution in [3.8, 4) is 5.75 Å². The van der Waals surface area contributed by atoms with Crippen LogP contribution in [0.15, 0.2) is 35.3 Å². The molecule has 2 aliphatic rings. The molecule has 1 saturated carbocycles. The molecular weight excluding hydrogens is 518 g/mol. The number of nitrogens with zero attached hydrogens (tertiary/aromatic N) is 2. The molecular formula is C25H34FN4O7P. The van der Waals surface area contributed by atoms with Crippen LogP contribution in [0.25, 0.3) is 0 Å². The number of nitrogen functional groups attached to an aromatic ring is 1. The maximum atomic E-state index is 13.8. The van der Waals surface area contributed by atoms with Crippen LogP contribution in [0, 0.1) is 5.82 Å². The minimum Gasteiger partial charge on any atom is -0.462 e. The van der Waals surface area contributed by atoms with Crippen molar-refractivity contribution < 1.29 is 32.4 Å². The standard InChI is InChI=1S/C25H34FN4O7P/c1-4-6-15(2)35-24(31)16(3)29-38(37-19-8-5-7-18(11-19)17-9-10-17)34-14-22-33-13-21(36-22)30-12-20(26)23(27)28-25(30)32/h5,7-8,11-12,15-17,21-22,29H,4,6,9-10,13-14H2,1-3H3,(H2,27,28,32)/t15-,16-,21-,22-,38?/m0/s1. The Labute approximate surface area is 221 Å². The monoisotopic (exact) mass is 552 g/mol. The highest BCUT2D eigenvalue weighted by Crippen LogP contribution is 2.43. The van der Waals surface area contributed by atoms with E-state index in [9.17, 15) is 14.0 Å². The molecule has 11 nitrogen and oxygen atoms in total. The van der Waals surface area contributed by atoms with E-state index in [-0.39, 0.29) is 19.3 Å². The maximum Gasteiger partial charge on any atom is 0.351 e. The van der Waals surface area contributed by atoms with Crippen molar-refractivity contribution in [1.29, 1.82) is 0 Å². The number of carbonyl (C=O) groups is 1. The van der Waals surface area contributed by atoms with Crippen molar-refractivity contribution in [3.05, 3.63) is 52.3 Å². The average Bonchev–Trinajstić information content (AvgIpc) is 3.63. The number of benzene rings is 1. The van der Waals surface area contributed by atoms with Gasteiger partial charge in [-0.15, -0.1) is 0 Å². The third-order valence-electron chi connectivity index (χ3n) is 6.07. The Morgan fingerprint density at radius 1 is 1.37 bits per heavy atom. The van der Waals surface area contributed by atoms with Gasteiger partial charge in [0, 0.05) is 0 Å². The molecule has 2 heterocycles. The van der Waals surface area contributed by atoms with Gasteiger partial charge in [-0.2, -0.15) is 4.98 Å². The molecule has 1 aliphatic heterocycles. The van der Waals surface area contributed by atoms with Gasteiger partial charge in [-0.1, -0.05) is 25.5 Å². The quantitative estimate of drug-likeness (QED) is 0.279. The van der Waals surface area contributed by atoms with Crippen molar-refractivity contribution in [1.82, 2.24) is 14.6 Å². The minimum atomic E-state index is -1.82. The van der Waals surface area contributed by atoms with Crippen LogP contribution in [-0.2, 0) is 23.5 Å². The van der Waals surface area contributed by atoms with Crippen LogP contribution in [0.5, 0.6) is 5.75 Å². The highest BCUT2D eigenvalue weighted by atomic mass is 31.2. The molecule has 13 heteroatoms. The van der Waals surface area contributed by atoms with Gasteiger partial charge in [-0.05, 0) is 56.7 Å². The summed E-state index contributed by atoms with van der Waals surface area (Å²) in [6.07, 6.45) is 2.94. The van der Waals surface area contributed by atoms with E-state index in [4.69, 9.17) is 29.0 Å². The van der Waals surface area contributed by atoms with Gasteiger partial charge < -0.3 is 29.0 Å². The number of esters is 1. The number of aromatic nitrogens is 2. The number of anilines is 1. The molecule has 38 heavy (non-hydrogen) atoms. The number of rotatable bonds is 13. The first-order chi connectivity index (χ1) is 18.2. The van der Waals surface area contributed by atoms with Crippen LogP contribution < -0.4 is 21.0 Å². The van der Waals surface area contributed by atoms with Gasteiger partial charge in [0.2, 0.25) is 0 Å². The highest BCUT2D eigenvalue weighted by molar-refractivity contribution is 7.45. The average molecular weight is 553 g/mol. The second-order valence-corrected chi connectivity index (χ2v) is 10.6. The topological polar surface area (TPSA) is 136 Å². The van der Waals surface area contributed by atoms with Crippen molar-refractivity contribution in [2.75, 3.05) is 18.9 Å². The van der Waals surface area contributed by atoms with Crippen LogP contribution in [-0.4, -0.2) is 47.2 Å². The summed E-state index contributed by atoms with van der Waals surface area (Å²) < 4.78 is 43.7. The van der Waals surface area contributed by atoms with Gasteiger partial charge in [0.15, 0.2) is 24.2 Å². The summed E-state index contributed by atoms with van der Waals surface area (Å²) in [5, 5.41) is 3.07. The third kappa shape index (κ3) is 7.70. The summed E-state index contributed by atoms with van der Waals surface area (Å²) in [5.41, 5.74) is 5.78. The summed E-state index contributed by atoms with van der Waals surface area (Å²) in [6, 6.07) is 7.08. The molecule has 0 amide bonds. The molecule has 1 saturated heterocycles. The van der Waals surface area contributed by atoms with Crippen molar-refractivity contribution in [2.24, 2.45) is 0 Å².